The molecule has 0 radical (unpaired) electrons. The molecule has 1 aliphatic heterocycles. The molecule has 0 aliphatic carbocycles. The van der Waals surface area contributed by atoms with Crippen LogP contribution in [0.1, 0.15) is 36.8 Å². The van der Waals surface area contributed by atoms with Crippen LogP contribution in [0.3, 0.4) is 0 Å². The van der Waals surface area contributed by atoms with Crippen LogP contribution in [0.25, 0.3) is 10.9 Å². The molecule has 12 heteroatoms. The van der Waals surface area contributed by atoms with Crippen LogP contribution in [-0.4, -0.2) is 80.5 Å². The van der Waals surface area contributed by atoms with Crippen LogP contribution in [0.2, 0.25) is 0 Å². The topological polar surface area (TPSA) is 195 Å². The van der Waals surface area contributed by atoms with E-state index in [4.69, 9.17) is 5.73 Å². The number of hydrogen-bond acceptors (Lipinski definition) is 6. The number of carboxylic acids is 2. The van der Waals surface area contributed by atoms with Crippen LogP contribution >= 0.6 is 0 Å². The van der Waals surface area contributed by atoms with Crippen molar-refractivity contribution in [3.8, 4) is 0 Å². The third-order valence-corrected chi connectivity index (χ3v) is 7.45. The zero-order chi connectivity index (χ0) is 30.2. The summed E-state index contributed by atoms with van der Waals surface area (Å²) in [5.41, 5.74) is 8.63. The van der Waals surface area contributed by atoms with E-state index >= 15 is 0 Å². The molecule has 0 bridgehead atoms. The van der Waals surface area contributed by atoms with Gasteiger partial charge in [0.05, 0.1) is 6.04 Å². The van der Waals surface area contributed by atoms with Crippen molar-refractivity contribution in [1.29, 1.82) is 0 Å². The van der Waals surface area contributed by atoms with Crippen molar-refractivity contribution in [2.24, 2.45) is 5.73 Å². The molecule has 4 rings (SSSR count). The fraction of sp³-hybridized carbons (Fsp3) is 0.367. The number of aromatic amines is 1. The molecule has 7 N–H and O–H groups in total. The number of carboxylic acid groups (broad SMARTS) is 2. The molecule has 1 aromatic heterocycles. The summed E-state index contributed by atoms with van der Waals surface area (Å²) in [6.07, 6.45) is 2.21. The molecular weight excluding hydrogens is 542 g/mol. The number of nitrogens with two attached hydrogens (primary N) is 1. The number of carbonyl (C=O) groups is 5. The van der Waals surface area contributed by atoms with E-state index in [1.165, 1.54) is 4.90 Å². The zero-order valence-corrected chi connectivity index (χ0v) is 23.0. The molecule has 12 nitrogen and oxygen atoms in total. The maximum absolute atomic E-state index is 13.6. The Morgan fingerprint density at radius 3 is 2.38 bits per heavy atom. The molecule has 3 amide bonds. The number of benzene rings is 2. The number of aromatic nitrogens is 1. The largest absolute Gasteiger partial charge is 0.481 e. The lowest BCUT2D eigenvalue weighted by atomic mass is 10.0. The molecule has 0 spiro atoms. The Morgan fingerprint density at radius 1 is 0.952 bits per heavy atom. The van der Waals surface area contributed by atoms with Gasteiger partial charge in [-0.25, -0.2) is 4.79 Å². The van der Waals surface area contributed by atoms with Crippen LogP contribution in [-0.2, 0) is 36.8 Å². The van der Waals surface area contributed by atoms with Gasteiger partial charge >= 0.3 is 11.9 Å². The lowest BCUT2D eigenvalue weighted by Gasteiger charge is -2.30. The molecule has 1 saturated heterocycles. The molecule has 2 heterocycles. The normalized spacial score (nSPS) is 16.9. The first-order valence-electron chi connectivity index (χ1n) is 13.8. The SMILES string of the molecule is NC(Cc1c[nH]c2ccccc12)C(=O)NC(CCC(=O)O)C(=O)N1CCCC1C(=O)NC(Cc1ccccc1)C(=O)O. The van der Waals surface area contributed by atoms with Crippen LogP contribution in [0, 0.1) is 0 Å². The summed E-state index contributed by atoms with van der Waals surface area (Å²) in [7, 11) is 0. The van der Waals surface area contributed by atoms with Crippen molar-refractivity contribution < 1.29 is 34.2 Å². The number of carbonyl (C=O) groups excluding carboxylic acids is 3. The number of amides is 3. The number of rotatable bonds is 13. The predicted octanol–water partition coefficient (Wildman–Crippen LogP) is 1.19. The molecule has 1 fully saturated rings. The minimum atomic E-state index is -1.23. The summed E-state index contributed by atoms with van der Waals surface area (Å²) in [5.74, 6) is -4.22. The Balaban J connectivity index is 1.44. The second-order valence-corrected chi connectivity index (χ2v) is 10.4. The van der Waals surface area contributed by atoms with E-state index in [1.54, 1.807) is 36.5 Å². The lowest BCUT2D eigenvalue weighted by Crippen LogP contribution is -2.57. The van der Waals surface area contributed by atoms with E-state index in [1.807, 2.05) is 24.3 Å². The van der Waals surface area contributed by atoms with Gasteiger partial charge in [-0.3, -0.25) is 19.2 Å². The molecule has 222 valence electrons. The average molecular weight is 578 g/mol. The van der Waals surface area contributed by atoms with Crippen LogP contribution in [0.15, 0.2) is 60.8 Å². The minimum absolute atomic E-state index is 0.0637. The fourth-order valence-corrected chi connectivity index (χ4v) is 5.26. The Hall–Kier alpha value is -4.71. The highest BCUT2D eigenvalue weighted by atomic mass is 16.4. The summed E-state index contributed by atoms with van der Waals surface area (Å²) < 4.78 is 0. The van der Waals surface area contributed by atoms with Gasteiger partial charge in [-0.1, -0.05) is 48.5 Å². The van der Waals surface area contributed by atoms with E-state index in [9.17, 15) is 34.2 Å². The molecule has 4 unspecified atom stereocenters. The van der Waals surface area contributed by atoms with Crippen molar-refractivity contribution in [2.75, 3.05) is 6.54 Å². The fourth-order valence-electron chi connectivity index (χ4n) is 5.26. The van der Waals surface area contributed by atoms with Crippen LogP contribution in [0.4, 0.5) is 0 Å². The maximum Gasteiger partial charge on any atom is 0.326 e. The van der Waals surface area contributed by atoms with E-state index in [2.05, 4.69) is 15.6 Å². The third-order valence-electron chi connectivity index (χ3n) is 7.45. The number of nitrogens with zero attached hydrogens (tertiary/aromatic N) is 1. The molecular formula is C30H35N5O7. The Morgan fingerprint density at radius 2 is 1.67 bits per heavy atom. The second kappa shape index (κ2) is 13.8. The van der Waals surface area contributed by atoms with E-state index in [0.29, 0.717) is 12.8 Å². The zero-order valence-electron chi connectivity index (χ0n) is 23.0. The third kappa shape index (κ3) is 7.52. The highest BCUT2D eigenvalue weighted by Crippen LogP contribution is 2.21. The molecule has 1 aliphatic rings. The van der Waals surface area contributed by atoms with E-state index < -0.39 is 60.2 Å². The Kier molecular flexibility index (Phi) is 9.92. The summed E-state index contributed by atoms with van der Waals surface area (Å²) in [5, 5.41) is 25.0. The highest BCUT2D eigenvalue weighted by molar-refractivity contribution is 5.95. The monoisotopic (exact) mass is 577 g/mol. The molecule has 2 aromatic carbocycles. The minimum Gasteiger partial charge on any atom is -0.481 e. The molecule has 0 saturated carbocycles. The van der Waals surface area contributed by atoms with Gasteiger partial charge in [-0.15, -0.1) is 0 Å². The Labute approximate surface area is 242 Å². The highest BCUT2D eigenvalue weighted by Gasteiger charge is 2.39. The van der Waals surface area contributed by atoms with Crippen molar-refractivity contribution in [1.82, 2.24) is 20.5 Å². The summed E-state index contributed by atoms with van der Waals surface area (Å²) in [4.78, 5) is 67.5. The average Bonchev–Trinajstić information content (AvgIpc) is 3.62. The van der Waals surface area contributed by atoms with Crippen molar-refractivity contribution in [3.05, 3.63) is 71.9 Å². The van der Waals surface area contributed by atoms with Crippen molar-refractivity contribution >= 4 is 40.6 Å². The van der Waals surface area contributed by atoms with Crippen LogP contribution in [0.5, 0.6) is 0 Å². The predicted molar refractivity (Wildman–Crippen MR) is 153 cm³/mol. The second-order valence-electron chi connectivity index (χ2n) is 10.4. The number of likely N-dealkylation sites (tertiary alicyclic amines) is 1. The number of hydrogen-bond donors (Lipinski definition) is 6. The van der Waals surface area contributed by atoms with Crippen molar-refractivity contribution in [2.45, 2.75) is 62.7 Å². The Bertz CT molecular complexity index is 1440. The van der Waals surface area contributed by atoms with Gasteiger partial charge in [0.2, 0.25) is 17.7 Å². The quantitative estimate of drug-likeness (QED) is 0.174. The number of nitrogens with one attached hydrogen (secondary N) is 3. The van der Waals surface area contributed by atoms with Gasteiger partial charge in [-0.2, -0.15) is 0 Å². The van der Waals surface area contributed by atoms with Gasteiger partial charge in [0, 0.05) is 36.5 Å². The molecule has 3 aromatic rings. The number of aliphatic carboxylic acids is 2. The van der Waals surface area contributed by atoms with Crippen molar-refractivity contribution in [3.63, 3.8) is 0 Å². The first-order valence-corrected chi connectivity index (χ1v) is 13.8. The summed E-state index contributed by atoms with van der Waals surface area (Å²) in [6.45, 7) is 0.203. The van der Waals surface area contributed by atoms with Crippen LogP contribution < -0.4 is 16.4 Å². The van der Waals surface area contributed by atoms with Gasteiger partial charge in [-0.05, 0) is 42.9 Å². The van der Waals surface area contributed by atoms with Gasteiger partial charge in [0.15, 0.2) is 0 Å². The number of para-hydroxylation sites is 1. The van der Waals surface area contributed by atoms with E-state index in [0.717, 1.165) is 22.0 Å². The lowest BCUT2D eigenvalue weighted by molar-refractivity contribution is -0.145. The number of fused-ring (bicyclic) bond motifs is 1. The van der Waals surface area contributed by atoms with Gasteiger partial charge in [0.25, 0.3) is 0 Å². The maximum atomic E-state index is 13.6. The van der Waals surface area contributed by atoms with Gasteiger partial charge < -0.3 is 36.5 Å². The number of H-pyrrole nitrogens is 1. The first-order chi connectivity index (χ1) is 20.1. The van der Waals surface area contributed by atoms with E-state index in [-0.39, 0.29) is 25.8 Å². The summed E-state index contributed by atoms with van der Waals surface area (Å²) >= 11 is 0. The smallest absolute Gasteiger partial charge is 0.326 e. The first kappa shape index (κ1) is 30.3. The summed E-state index contributed by atoms with van der Waals surface area (Å²) in [6, 6.07) is 12.0. The standard InChI is InChI=1S/C30H35N5O7/c31-21(16-19-17-32-22-10-5-4-9-20(19)22)27(38)33-23(12-13-26(36)37)29(40)35-14-6-11-25(35)28(39)34-24(30(41)42)15-18-7-2-1-3-8-18/h1-5,7-10,17,21,23-25,32H,6,11-16,31H2,(H,33,38)(H,34,39)(H,36,37)(H,41,42). The van der Waals surface area contributed by atoms with Gasteiger partial charge in [0.1, 0.15) is 18.1 Å². The molecule has 4 atom stereocenters. The molecule has 42 heavy (non-hydrogen) atoms.